The van der Waals surface area contributed by atoms with Gasteiger partial charge in [0.05, 0.1) is 0 Å². The number of halogens is 1. The summed E-state index contributed by atoms with van der Waals surface area (Å²) in [5.41, 5.74) is 0. The van der Waals surface area contributed by atoms with Crippen molar-refractivity contribution in [1.82, 2.24) is 5.32 Å². The van der Waals surface area contributed by atoms with Crippen molar-refractivity contribution in [2.45, 2.75) is 63.2 Å². The molecule has 2 fully saturated rings. The van der Waals surface area contributed by atoms with E-state index in [1.165, 1.54) is 25.7 Å². The third-order valence-corrected chi connectivity index (χ3v) is 3.20. The maximum absolute atomic E-state index is 12.8. The highest BCUT2D eigenvalue weighted by Crippen LogP contribution is 2.25. The highest BCUT2D eigenvalue weighted by molar-refractivity contribution is 4.85. The number of alkyl halides is 1. The van der Waals surface area contributed by atoms with E-state index < -0.39 is 6.17 Å². The Balaban J connectivity index is 1.72. The standard InChI is InChI=1S/C10H18FN/c11-8-5-6-10(7-8)12-9-3-1-2-4-9/h8-10,12H,1-7H2/t8-,10-/m0/s1. The van der Waals surface area contributed by atoms with Gasteiger partial charge in [0.15, 0.2) is 0 Å². The molecule has 12 heavy (non-hydrogen) atoms. The molecule has 70 valence electrons. The molecule has 0 aliphatic heterocycles. The van der Waals surface area contributed by atoms with Gasteiger partial charge in [0.25, 0.3) is 0 Å². The molecule has 0 saturated heterocycles. The molecule has 2 aliphatic carbocycles. The molecule has 2 aliphatic rings. The van der Waals surface area contributed by atoms with Gasteiger partial charge in [0, 0.05) is 12.1 Å². The zero-order chi connectivity index (χ0) is 8.39. The summed E-state index contributed by atoms with van der Waals surface area (Å²) in [6.45, 7) is 0. The van der Waals surface area contributed by atoms with Crippen LogP contribution < -0.4 is 5.32 Å². The van der Waals surface area contributed by atoms with Crippen LogP contribution in [-0.2, 0) is 0 Å². The van der Waals surface area contributed by atoms with Gasteiger partial charge < -0.3 is 5.32 Å². The van der Waals surface area contributed by atoms with Crippen molar-refractivity contribution < 1.29 is 4.39 Å². The van der Waals surface area contributed by atoms with Crippen molar-refractivity contribution in [3.63, 3.8) is 0 Å². The van der Waals surface area contributed by atoms with Crippen molar-refractivity contribution >= 4 is 0 Å². The van der Waals surface area contributed by atoms with Crippen LogP contribution in [0.5, 0.6) is 0 Å². The summed E-state index contributed by atoms with van der Waals surface area (Å²) >= 11 is 0. The summed E-state index contributed by atoms with van der Waals surface area (Å²) < 4.78 is 12.8. The lowest BCUT2D eigenvalue weighted by molar-refractivity contribution is 0.328. The lowest BCUT2D eigenvalue weighted by Crippen LogP contribution is -2.34. The molecule has 2 atom stereocenters. The Morgan fingerprint density at radius 2 is 1.67 bits per heavy atom. The van der Waals surface area contributed by atoms with Crippen LogP contribution in [0.1, 0.15) is 44.9 Å². The molecule has 0 aromatic carbocycles. The third kappa shape index (κ3) is 1.98. The van der Waals surface area contributed by atoms with E-state index in [1.54, 1.807) is 0 Å². The molecule has 1 nitrogen and oxygen atoms in total. The largest absolute Gasteiger partial charge is 0.311 e. The molecule has 0 heterocycles. The fraction of sp³-hybridized carbons (Fsp3) is 1.00. The predicted octanol–water partition coefficient (Wildman–Crippen LogP) is 2.41. The van der Waals surface area contributed by atoms with Gasteiger partial charge in [-0.1, -0.05) is 12.8 Å². The van der Waals surface area contributed by atoms with Gasteiger partial charge in [-0.05, 0) is 32.1 Å². The van der Waals surface area contributed by atoms with Gasteiger partial charge in [0.1, 0.15) is 6.17 Å². The molecule has 2 rings (SSSR count). The molecular weight excluding hydrogens is 153 g/mol. The van der Waals surface area contributed by atoms with E-state index in [2.05, 4.69) is 5.32 Å². The number of rotatable bonds is 2. The van der Waals surface area contributed by atoms with E-state index in [1.807, 2.05) is 0 Å². The van der Waals surface area contributed by atoms with E-state index in [0.29, 0.717) is 12.1 Å². The van der Waals surface area contributed by atoms with Crippen LogP contribution in [0, 0.1) is 0 Å². The normalized spacial score (nSPS) is 37.8. The second-order valence-corrected chi connectivity index (χ2v) is 4.26. The van der Waals surface area contributed by atoms with Crippen LogP contribution >= 0.6 is 0 Å². The second kappa shape index (κ2) is 3.73. The van der Waals surface area contributed by atoms with Crippen molar-refractivity contribution in [3.8, 4) is 0 Å². The van der Waals surface area contributed by atoms with Gasteiger partial charge >= 0.3 is 0 Å². The van der Waals surface area contributed by atoms with Gasteiger partial charge in [-0.15, -0.1) is 0 Å². The maximum atomic E-state index is 12.8. The molecular formula is C10H18FN. The van der Waals surface area contributed by atoms with Crippen LogP contribution in [-0.4, -0.2) is 18.3 Å². The average molecular weight is 171 g/mol. The SMILES string of the molecule is F[C@H]1CC[C@H](NC2CCCC2)C1. The number of hydrogen-bond acceptors (Lipinski definition) is 1. The van der Waals surface area contributed by atoms with Gasteiger partial charge in [-0.3, -0.25) is 0 Å². The average Bonchev–Trinajstić information content (AvgIpc) is 2.63. The Bertz CT molecular complexity index is 143. The first-order valence-corrected chi connectivity index (χ1v) is 5.25. The second-order valence-electron chi connectivity index (χ2n) is 4.26. The Kier molecular flexibility index (Phi) is 2.64. The quantitative estimate of drug-likeness (QED) is 0.672. The van der Waals surface area contributed by atoms with E-state index >= 15 is 0 Å². The first kappa shape index (κ1) is 8.49. The molecule has 1 N–H and O–H groups in total. The summed E-state index contributed by atoms with van der Waals surface area (Å²) in [7, 11) is 0. The third-order valence-electron chi connectivity index (χ3n) is 3.20. The molecule has 0 aromatic heterocycles. The monoisotopic (exact) mass is 171 g/mol. The topological polar surface area (TPSA) is 12.0 Å². The van der Waals surface area contributed by atoms with Gasteiger partial charge in [-0.25, -0.2) is 4.39 Å². The Hall–Kier alpha value is -0.110. The van der Waals surface area contributed by atoms with E-state index in [9.17, 15) is 4.39 Å². The minimum atomic E-state index is -0.524. The van der Waals surface area contributed by atoms with Crippen molar-refractivity contribution in [2.75, 3.05) is 0 Å². The Morgan fingerprint density at radius 3 is 2.25 bits per heavy atom. The summed E-state index contributed by atoms with van der Waals surface area (Å²) in [4.78, 5) is 0. The van der Waals surface area contributed by atoms with Crippen molar-refractivity contribution in [1.29, 1.82) is 0 Å². The minimum Gasteiger partial charge on any atom is -0.311 e. The molecule has 0 aromatic rings. The first-order chi connectivity index (χ1) is 5.84. The zero-order valence-corrected chi connectivity index (χ0v) is 7.56. The van der Waals surface area contributed by atoms with Crippen LogP contribution in [0.2, 0.25) is 0 Å². The summed E-state index contributed by atoms with van der Waals surface area (Å²) in [6.07, 6.45) is 7.43. The zero-order valence-electron chi connectivity index (χ0n) is 7.56. The van der Waals surface area contributed by atoms with Crippen molar-refractivity contribution in [2.24, 2.45) is 0 Å². The van der Waals surface area contributed by atoms with E-state index in [-0.39, 0.29) is 0 Å². The van der Waals surface area contributed by atoms with Crippen LogP contribution in [0.25, 0.3) is 0 Å². The van der Waals surface area contributed by atoms with Crippen LogP contribution in [0.3, 0.4) is 0 Å². The molecule has 0 radical (unpaired) electrons. The van der Waals surface area contributed by atoms with E-state index in [4.69, 9.17) is 0 Å². The summed E-state index contributed by atoms with van der Waals surface area (Å²) in [5.74, 6) is 0. The molecule has 2 heteroatoms. The van der Waals surface area contributed by atoms with Crippen LogP contribution in [0.15, 0.2) is 0 Å². The Morgan fingerprint density at radius 1 is 0.917 bits per heavy atom. The highest BCUT2D eigenvalue weighted by Gasteiger charge is 2.26. The number of hydrogen-bond donors (Lipinski definition) is 1. The number of nitrogens with one attached hydrogen (secondary N) is 1. The summed E-state index contributed by atoms with van der Waals surface area (Å²) in [6, 6.07) is 1.20. The molecule has 0 unspecified atom stereocenters. The lowest BCUT2D eigenvalue weighted by atomic mass is 10.2. The van der Waals surface area contributed by atoms with Crippen LogP contribution in [0.4, 0.5) is 4.39 Å². The first-order valence-electron chi connectivity index (χ1n) is 5.25. The molecule has 0 bridgehead atoms. The fourth-order valence-electron chi connectivity index (χ4n) is 2.50. The van der Waals surface area contributed by atoms with Gasteiger partial charge in [-0.2, -0.15) is 0 Å². The minimum absolute atomic E-state index is 0.489. The highest BCUT2D eigenvalue weighted by atomic mass is 19.1. The smallest absolute Gasteiger partial charge is 0.102 e. The van der Waals surface area contributed by atoms with Gasteiger partial charge in [0.2, 0.25) is 0 Å². The predicted molar refractivity (Wildman–Crippen MR) is 47.9 cm³/mol. The van der Waals surface area contributed by atoms with Crippen molar-refractivity contribution in [3.05, 3.63) is 0 Å². The maximum Gasteiger partial charge on any atom is 0.102 e. The molecule has 2 saturated carbocycles. The lowest BCUT2D eigenvalue weighted by Gasteiger charge is -2.17. The molecule has 0 spiro atoms. The molecule has 0 amide bonds. The Labute approximate surface area is 73.7 Å². The fourth-order valence-corrected chi connectivity index (χ4v) is 2.50. The van der Waals surface area contributed by atoms with E-state index in [0.717, 1.165) is 19.3 Å². The summed E-state index contributed by atoms with van der Waals surface area (Å²) in [5, 5.41) is 3.57.